The number of alkyl halides is 2. The van der Waals surface area contributed by atoms with E-state index in [9.17, 15) is 18.7 Å². The van der Waals surface area contributed by atoms with Crippen molar-refractivity contribution in [2.45, 2.75) is 45.6 Å². The number of aliphatic hydroxyl groups is 1. The molecule has 112 valence electrons. The van der Waals surface area contributed by atoms with Crippen LogP contribution in [-0.4, -0.2) is 47.3 Å². The SMILES string of the molecule is CC(F)(F)CC1CN(C(=O)OC(C)(C)C)CC1CO. The lowest BCUT2D eigenvalue weighted by Gasteiger charge is -2.24. The number of halogens is 2. The van der Waals surface area contributed by atoms with E-state index in [0.29, 0.717) is 0 Å². The Morgan fingerprint density at radius 1 is 1.26 bits per heavy atom. The molecule has 4 nitrogen and oxygen atoms in total. The van der Waals surface area contributed by atoms with Crippen LogP contribution in [-0.2, 0) is 4.74 Å². The number of hydrogen-bond acceptors (Lipinski definition) is 3. The first kappa shape index (κ1) is 16.1. The van der Waals surface area contributed by atoms with Crippen LogP contribution >= 0.6 is 0 Å². The molecule has 0 aromatic rings. The smallest absolute Gasteiger partial charge is 0.410 e. The normalized spacial score (nSPS) is 24.7. The highest BCUT2D eigenvalue weighted by Crippen LogP contribution is 2.33. The Balaban J connectivity index is 2.63. The Hall–Kier alpha value is -0.910. The second-order valence-corrected chi connectivity index (χ2v) is 6.36. The zero-order valence-electron chi connectivity index (χ0n) is 11.9. The summed E-state index contributed by atoms with van der Waals surface area (Å²) in [6, 6.07) is 0. The molecule has 1 amide bonds. The van der Waals surface area contributed by atoms with Gasteiger partial charge in [0, 0.05) is 32.0 Å². The topological polar surface area (TPSA) is 49.8 Å². The number of amides is 1. The third kappa shape index (κ3) is 5.30. The van der Waals surface area contributed by atoms with Gasteiger partial charge in [-0.1, -0.05) is 0 Å². The maximum absolute atomic E-state index is 13.1. The lowest BCUT2D eigenvalue weighted by atomic mass is 9.91. The van der Waals surface area contributed by atoms with E-state index < -0.39 is 23.5 Å². The molecule has 2 atom stereocenters. The van der Waals surface area contributed by atoms with E-state index in [2.05, 4.69) is 0 Å². The highest BCUT2D eigenvalue weighted by Gasteiger charge is 2.40. The van der Waals surface area contributed by atoms with Gasteiger partial charge in [-0.25, -0.2) is 13.6 Å². The summed E-state index contributed by atoms with van der Waals surface area (Å²) in [6.07, 6.45) is -0.829. The van der Waals surface area contributed by atoms with Crippen LogP contribution in [0.5, 0.6) is 0 Å². The molecule has 6 heteroatoms. The van der Waals surface area contributed by atoms with Crippen molar-refractivity contribution in [1.29, 1.82) is 0 Å². The molecule has 1 N–H and O–H groups in total. The molecule has 1 rings (SSSR count). The van der Waals surface area contributed by atoms with Gasteiger partial charge >= 0.3 is 6.09 Å². The molecule has 2 unspecified atom stereocenters. The summed E-state index contributed by atoms with van der Waals surface area (Å²) in [5.41, 5.74) is -0.613. The lowest BCUT2D eigenvalue weighted by Crippen LogP contribution is -2.35. The van der Waals surface area contributed by atoms with Gasteiger partial charge in [0.2, 0.25) is 5.92 Å². The molecule has 19 heavy (non-hydrogen) atoms. The van der Waals surface area contributed by atoms with E-state index in [4.69, 9.17) is 4.74 Å². The summed E-state index contributed by atoms with van der Waals surface area (Å²) in [5.74, 6) is -3.49. The fourth-order valence-corrected chi connectivity index (χ4v) is 2.31. The van der Waals surface area contributed by atoms with Gasteiger partial charge in [-0.3, -0.25) is 0 Å². The summed E-state index contributed by atoms with van der Waals surface area (Å²) in [5, 5.41) is 9.24. The van der Waals surface area contributed by atoms with Crippen molar-refractivity contribution >= 4 is 6.09 Å². The van der Waals surface area contributed by atoms with Crippen LogP contribution in [0.3, 0.4) is 0 Å². The largest absolute Gasteiger partial charge is 0.444 e. The number of carbonyl (C=O) groups excluding carboxylic acids is 1. The minimum absolute atomic E-state index is 0.194. The van der Waals surface area contributed by atoms with Crippen LogP contribution in [0.25, 0.3) is 0 Å². The third-order valence-electron chi connectivity index (χ3n) is 3.08. The van der Waals surface area contributed by atoms with Crippen molar-refractivity contribution in [3.8, 4) is 0 Å². The van der Waals surface area contributed by atoms with Crippen LogP contribution in [0.4, 0.5) is 13.6 Å². The van der Waals surface area contributed by atoms with Gasteiger partial charge in [0.25, 0.3) is 0 Å². The van der Waals surface area contributed by atoms with Gasteiger partial charge in [0.1, 0.15) is 5.60 Å². The number of nitrogens with zero attached hydrogens (tertiary/aromatic N) is 1. The summed E-state index contributed by atoms with van der Waals surface area (Å²) in [7, 11) is 0. The standard InChI is InChI=1S/C13H23F2NO3/c1-12(2,3)19-11(18)16-6-9(5-13(4,14)15)10(7-16)8-17/h9-10,17H,5-8H2,1-4H3. The second-order valence-electron chi connectivity index (χ2n) is 6.36. The van der Waals surface area contributed by atoms with E-state index in [1.54, 1.807) is 20.8 Å². The third-order valence-corrected chi connectivity index (χ3v) is 3.08. The van der Waals surface area contributed by atoms with Crippen LogP contribution in [0.2, 0.25) is 0 Å². The van der Waals surface area contributed by atoms with Crippen LogP contribution in [0, 0.1) is 11.8 Å². The Morgan fingerprint density at radius 3 is 2.21 bits per heavy atom. The predicted octanol–water partition coefficient (Wildman–Crippen LogP) is 2.51. The molecule has 1 heterocycles. The Kier molecular flexibility index (Phi) is 4.76. The van der Waals surface area contributed by atoms with Gasteiger partial charge in [-0.15, -0.1) is 0 Å². The van der Waals surface area contributed by atoms with E-state index in [1.807, 2.05) is 0 Å². The van der Waals surface area contributed by atoms with Crippen molar-refractivity contribution < 1.29 is 23.4 Å². The molecule has 0 aromatic heterocycles. The molecule has 1 aliphatic heterocycles. The number of hydrogen-bond donors (Lipinski definition) is 1. The van der Waals surface area contributed by atoms with Gasteiger partial charge in [0.15, 0.2) is 0 Å². The monoisotopic (exact) mass is 279 g/mol. The first-order valence-electron chi connectivity index (χ1n) is 6.48. The van der Waals surface area contributed by atoms with E-state index in [1.165, 1.54) is 4.90 Å². The maximum atomic E-state index is 13.1. The quantitative estimate of drug-likeness (QED) is 0.863. The zero-order valence-corrected chi connectivity index (χ0v) is 11.9. The molecule has 1 saturated heterocycles. The summed E-state index contributed by atoms with van der Waals surface area (Å²) < 4.78 is 31.3. The van der Waals surface area contributed by atoms with Crippen LogP contribution in [0.15, 0.2) is 0 Å². The van der Waals surface area contributed by atoms with Crippen molar-refractivity contribution in [3.05, 3.63) is 0 Å². The minimum Gasteiger partial charge on any atom is -0.444 e. The molecule has 0 radical (unpaired) electrons. The summed E-state index contributed by atoms with van der Waals surface area (Å²) >= 11 is 0. The summed E-state index contributed by atoms with van der Waals surface area (Å²) in [6.45, 7) is 6.40. The predicted molar refractivity (Wildman–Crippen MR) is 67.1 cm³/mol. The fraction of sp³-hybridized carbons (Fsp3) is 0.923. The Bertz CT molecular complexity index is 323. The zero-order chi connectivity index (χ0) is 14.8. The number of aliphatic hydroxyl groups excluding tert-OH is 1. The molecule has 0 spiro atoms. The van der Waals surface area contributed by atoms with E-state index >= 15 is 0 Å². The first-order chi connectivity index (χ1) is 8.52. The van der Waals surface area contributed by atoms with Crippen molar-refractivity contribution in [2.24, 2.45) is 11.8 Å². The maximum Gasteiger partial charge on any atom is 0.410 e. The highest BCUT2D eigenvalue weighted by atomic mass is 19.3. The van der Waals surface area contributed by atoms with Gasteiger partial charge in [0.05, 0.1) is 0 Å². The minimum atomic E-state index is -2.79. The molecule has 0 bridgehead atoms. The number of likely N-dealkylation sites (tertiary alicyclic amines) is 1. The van der Waals surface area contributed by atoms with E-state index in [-0.39, 0.29) is 32.0 Å². The highest BCUT2D eigenvalue weighted by molar-refractivity contribution is 5.68. The number of ether oxygens (including phenoxy) is 1. The first-order valence-corrected chi connectivity index (χ1v) is 6.48. The Morgan fingerprint density at radius 2 is 1.79 bits per heavy atom. The van der Waals surface area contributed by atoms with Crippen molar-refractivity contribution in [3.63, 3.8) is 0 Å². The van der Waals surface area contributed by atoms with Crippen LogP contribution in [0.1, 0.15) is 34.1 Å². The number of carbonyl (C=O) groups is 1. The molecule has 0 aromatic carbocycles. The molecular weight excluding hydrogens is 256 g/mol. The molecule has 1 aliphatic rings. The van der Waals surface area contributed by atoms with Gasteiger partial charge in [-0.2, -0.15) is 0 Å². The molecule has 0 saturated carbocycles. The molecular formula is C13H23F2NO3. The molecule has 0 aliphatic carbocycles. The average molecular weight is 279 g/mol. The van der Waals surface area contributed by atoms with Crippen LogP contribution < -0.4 is 0 Å². The lowest BCUT2D eigenvalue weighted by molar-refractivity contribution is -0.0112. The Labute approximate surface area is 112 Å². The number of rotatable bonds is 3. The van der Waals surface area contributed by atoms with Crippen molar-refractivity contribution in [2.75, 3.05) is 19.7 Å². The average Bonchev–Trinajstić information content (AvgIpc) is 2.55. The second kappa shape index (κ2) is 5.61. The summed E-state index contributed by atoms with van der Waals surface area (Å²) in [4.78, 5) is 13.3. The van der Waals surface area contributed by atoms with Gasteiger partial charge < -0.3 is 14.7 Å². The fourth-order valence-electron chi connectivity index (χ4n) is 2.31. The molecule has 1 fully saturated rings. The van der Waals surface area contributed by atoms with Crippen molar-refractivity contribution in [1.82, 2.24) is 4.90 Å². The van der Waals surface area contributed by atoms with E-state index in [0.717, 1.165) is 6.92 Å². The van der Waals surface area contributed by atoms with Gasteiger partial charge in [-0.05, 0) is 33.6 Å².